The van der Waals surface area contributed by atoms with Crippen molar-refractivity contribution in [2.24, 2.45) is 4.99 Å². The molecule has 1 amide bonds. The molecule has 0 radical (unpaired) electrons. The molecule has 120 valence electrons. The molecule has 2 N–H and O–H groups in total. The Labute approximate surface area is 149 Å². The predicted molar refractivity (Wildman–Crippen MR) is 101 cm³/mol. The van der Waals surface area contributed by atoms with Crippen molar-refractivity contribution in [2.45, 2.75) is 26.3 Å². The summed E-state index contributed by atoms with van der Waals surface area (Å²) in [7, 11) is 0. The molecule has 4 nitrogen and oxygen atoms in total. The predicted octanol–water partition coefficient (Wildman–Crippen LogP) is 4.03. The van der Waals surface area contributed by atoms with Gasteiger partial charge in [-0.2, -0.15) is 0 Å². The van der Waals surface area contributed by atoms with E-state index in [4.69, 9.17) is 0 Å². The van der Waals surface area contributed by atoms with Gasteiger partial charge in [0.1, 0.15) is 11.5 Å². The Morgan fingerprint density at radius 2 is 1.70 bits per heavy atom. The Morgan fingerprint density at radius 3 is 2.30 bits per heavy atom. The van der Waals surface area contributed by atoms with Crippen molar-refractivity contribution in [2.75, 3.05) is 0 Å². The van der Waals surface area contributed by atoms with Gasteiger partial charge in [-0.15, -0.1) is 0 Å². The highest BCUT2D eigenvalue weighted by atomic mass is 127. The minimum absolute atomic E-state index is 0.0289. The molecule has 5 heteroatoms. The van der Waals surface area contributed by atoms with Gasteiger partial charge in [0.2, 0.25) is 0 Å². The number of aliphatic imine (C=N–C) groups is 1. The first kappa shape index (κ1) is 17.5. The van der Waals surface area contributed by atoms with Gasteiger partial charge in [-0.3, -0.25) is 4.79 Å². The average Bonchev–Trinajstić information content (AvgIpc) is 2.45. The number of carbonyl (C=O) groups excluding carboxylic acids is 1. The first-order valence-corrected chi connectivity index (χ1v) is 8.30. The SMILES string of the molecule is CC(C)(C)NC(=O)C(=Nc1ccccc1I)c1ccccc1O. The van der Waals surface area contributed by atoms with E-state index in [1.165, 1.54) is 0 Å². The highest BCUT2D eigenvalue weighted by molar-refractivity contribution is 14.1. The summed E-state index contributed by atoms with van der Waals surface area (Å²) in [5, 5.41) is 13.0. The van der Waals surface area contributed by atoms with Crippen molar-refractivity contribution in [1.82, 2.24) is 5.32 Å². The second kappa shape index (κ2) is 7.12. The van der Waals surface area contributed by atoms with Crippen LogP contribution in [0.2, 0.25) is 0 Å². The number of nitrogens with zero attached hydrogens (tertiary/aromatic N) is 1. The summed E-state index contributed by atoms with van der Waals surface area (Å²) in [4.78, 5) is 17.2. The molecule has 0 fully saturated rings. The number of carbonyl (C=O) groups is 1. The van der Waals surface area contributed by atoms with E-state index in [9.17, 15) is 9.90 Å². The molecule has 0 unspecified atom stereocenters. The number of aromatic hydroxyl groups is 1. The van der Waals surface area contributed by atoms with Crippen LogP contribution in [-0.4, -0.2) is 22.3 Å². The monoisotopic (exact) mass is 422 g/mol. The van der Waals surface area contributed by atoms with E-state index >= 15 is 0 Å². The molecular weight excluding hydrogens is 403 g/mol. The highest BCUT2D eigenvalue weighted by Gasteiger charge is 2.22. The summed E-state index contributed by atoms with van der Waals surface area (Å²) < 4.78 is 0.932. The van der Waals surface area contributed by atoms with Gasteiger partial charge in [-0.1, -0.05) is 24.3 Å². The van der Waals surface area contributed by atoms with Crippen LogP contribution < -0.4 is 5.32 Å². The van der Waals surface area contributed by atoms with Crippen molar-refractivity contribution in [3.8, 4) is 5.75 Å². The molecule has 0 saturated carbocycles. The number of hydrogen-bond donors (Lipinski definition) is 2. The maximum absolute atomic E-state index is 12.7. The van der Waals surface area contributed by atoms with Gasteiger partial charge in [0.25, 0.3) is 5.91 Å². The molecule has 23 heavy (non-hydrogen) atoms. The summed E-state index contributed by atoms with van der Waals surface area (Å²) in [5.74, 6) is -0.292. The molecule has 0 aliphatic heterocycles. The normalized spacial score (nSPS) is 12.1. The lowest BCUT2D eigenvalue weighted by atomic mass is 10.0. The van der Waals surface area contributed by atoms with E-state index in [1.807, 2.05) is 45.0 Å². The summed E-state index contributed by atoms with van der Waals surface area (Å²) >= 11 is 2.17. The van der Waals surface area contributed by atoms with Crippen LogP contribution in [0.5, 0.6) is 5.75 Å². The Balaban J connectivity index is 2.55. The van der Waals surface area contributed by atoms with Crippen LogP contribution in [0, 0.1) is 3.57 Å². The van der Waals surface area contributed by atoms with Crippen molar-refractivity contribution in [3.63, 3.8) is 0 Å². The van der Waals surface area contributed by atoms with Crippen molar-refractivity contribution >= 4 is 39.9 Å². The first-order valence-electron chi connectivity index (χ1n) is 7.22. The maximum Gasteiger partial charge on any atom is 0.271 e. The Kier molecular flexibility index (Phi) is 5.41. The number of hydrogen-bond acceptors (Lipinski definition) is 3. The molecule has 2 aromatic rings. The van der Waals surface area contributed by atoms with Gasteiger partial charge >= 0.3 is 0 Å². The lowest BCUT2D eigenvalue weighted by Gasteiger charge is -2.21. The molecule has 0 aliphatic rings. The highest BCUT2D eigenvalue weighted by Crippen LogP contribution is 2.24. The minimum atomic E-state index is -0.397. The number of amides is 1. The van der Waals surface area contributed by atoms with Crippen molar-refractivity contribution < 1.29 is 9.90 Å². The molecule has 0 atom stereocenters. The Bertz CT molecular complexity index is 749. The number of phenolic OH excluding ortho intramolecular Hbond substituents is 1. The standard InChI is InChI=1S/C18H19IN2O2/c1-18(2,3)21-17(23)16(12-8-4-7-11-15(12)22)20-14-10-6-5-9-13(14)19/h4-11,22H,1-3H3,(H,21,23). The molecule has 2 rings (SSSR count). The number of benzene rings is 2. The lowest BCUT2D eigenvalue weighted by molar-refractivity contribution is -0.116. The Hall–Kier alpha value is -1.89. The zero-order valence-corrected chi connectivity index (χ0v) is 15.5. The van der Waals surface area contributed by atoms with E-state index in [0.29, 0.717) is 11.3 Å². The first-order chi connectivity index (χ1) is 10.8. The fraction of sp³-hybridized carbons (Fsp3) is 0.222. The molecule has 0 spiro atoms. The van der Waals surface area contributed by atoms with Crippen molar-refractivity contribution in [1.29, 1.82) is 0 Å². The molecule has 0 aliphatic carbocycles. The van der Waals surface area contributed by atoms with E-state index in [-0.39, 0.29) is 17.4 Å². The minimum Gasteiger partial charge on any atom is -0.507 e. The van der Waals surface area contributed by atoms with Gasteiger partial charge in [0.15, 0.2) is 0 Å². The zero-order chi connectivity index (χ0) is 17.0. The van der Waals surface area contributed by atoms with Crippen LogP contribution in [0.3, 0.4) is 0 Å². The van der Waals surface area contributed by atoms with Crippen LogP contribution in [-0.2, 0) is 4.79 Å². The van der Waals surface area contributed by atoms with E-state index in [2.05, 4.69) is 32.9 Å². The van der Waals surface area contributed by atoms with Crippen LogP contribution >= 0.6 is 22.6 Å². The summed E-state index contributed by atoms with van der Waals surface area (Å²) in [6.07, 6.45) is 0. The lowest BCUT2D eigenvalue weighted by Crippen LogP contribution is -2.44. The van der Waals surface area contributed by atoms with Gasteiger partial charge in [-0.05, 0) is 67.6 Å². The molecular formula is C18H19IN2O2. The smallest absolute Gasteiger partial charge is 0.271 e. The third-order valence-electron chi connectivity index (χ3n) is 2.95. The average molecular weight is 422 g/mol. The molecule has 0 bridgehead atoms. The fourth-order valence-corrected chi connectivity index (χ4v) is 2.48. The second-order valence-corrected chi connectivity index (χ2v) is 7.30. The third-order valence-corrected chi connectivity index (χ3v) is 3.86. The van der Waals surface area contributed by atoms with Crippen LogP contribution in [0.4, 0.5) is 5.69 Å². The summed E-state index contributed by atoms with van der Waals surface area (Å²) in [6, 6.07) is 14.3. The largest absolute Gasteiger partial charge is 0.507 e. The number of nitrogens with one attached hydrogen (secondary N) is 1. The van der Waals surface area contributed by atoms with Gasteiger partial charge in [0.05, 0.1) is 5.69 Å². The zero-order valence-electron chi connectivity index (χ0n) is 13.3. The molecule has 2 aromatic carbocycles. The fourth-order valence-electron chi connectivity index (χ4n) is 1.97. The number of halogens is 1. The topological polar surface area (TPSA) is 61.7 Å². The number of phenols is 1. The molecule has 0 heterocycles. The number of rotatable bonds is 3. The van der Waals surface area contributed by atoms with Gasteiger partial charge in [0, 0.05) is 14.7 Å². The quantitative estimate of drug-likeness (QED) is 0.580. The molecule has 0 saturated heterocycles. The Morgan fingerprint density at radius 1 is 1.09 bits per heavy atom. The molecule has 0 aromatic heterocycles. The maximum atomic E-state index is 12.7. The van der Waals surface area contributed by atoms with E-state index in [1.54, 1.807) is 24.3 Å². The summed E-state index contributed by atoms with van der Waals surface area (Å²) in [5.41, 5.74) is 0.901. The second-order valence-electron chi connectivity index (χ2n) is 6.13. The number of para-hydroxylation sites is 2. The third kappa shape index (κ3) is 4.79. The van der Waals surface area contributed by atoms with Gasteiger partial charge in [-0.25, -0.2) is 4.99 Å². The van der Waals surface area contributed by atoms with E-state index in [0.717, 1.165) is 3.57 Å². The summed E-state index contributed by atoms with van der Waals surface area (Å²) in [6.45, 7) is 5.71. The van der Waals surface area contributed by atoms with Crippen LogP contribution in [0.15, 0.2) is 53.5 Å². The van der Waals surface area contributed by atoms with Crippen molar-refractivity contribution in [3.05, 3.63) is 57.7 Å². The van der Waals surface area contributed by atoms with Crippen LogP contribution in [0.25, 0.3) is 0 Å². The van der Waals surface area contributed by atoms with Crippen LogP contribution in [0.1, 0.15) is 26.3 Å². The van der Waals surface area contributed by atoms with Gasteiger partial charge < -0.3 is 10.4 Å². The van der Waals surface area contributed by atoms with E-state index < -0.39 is 5.54 Å².